The summed E-state index contributed by atoms with van der Waals surface area (Å²) in [5.74, 6) is -1.56. The Labute approximate surface area is 155 Å². The number of imidazole rings is 1. The van der Waals surface area contributed by atoms with E-state index in [1.54, 1.807) is 18.3 Å². The molecular weight excluding hydrogens is 349 g/mol. The first-order valence-corrected chi connectivity index (χ1v) is 11.5. The van der Waals surface area contributed by atoms with Crippen molar-refractivity contribution in [2.24, 2.45) is 0 Å². The predicted molar refractivity (Wildman–Crippen MR) is 104 cm³/mol. The Morgan fingerprint density at radius 1 is 0.885 bits per heavy atom. The van der Waals surface area contributed by atoms with Gasteiger partial charge < -0.3 is 0 Å². The summed E-state index contributed by atoms with van der Waals surface area (Å²) in [4.78, 5) is 4.72. The molecule has 0 saturated heterocycles. The molecule has 140 valence electrons. The van der Waals surface area contributed by atoms with Gasteiger partial charge in [-0.2, -0.15) is 0 Å². The topological polar surface area (TPSA) is 17.8 Å². The summed E-state index contributed by atoms with van der Waals surface area (Å²) in [7, 11) is -0.459. The van der Waals surface area contributed by atoms with Crippen LogP contribution in [0.3, 0.4) is 0 Å². The number of nitrogens with zero attached hydrogens (tertiary/aromatic N) is 2. The number of aromatic nitrogens is 2. The van der Waals surface area contributed by atoms with Crippen LogP contribution < -0.4 is 5.57 Å². The van der Waals surface area contributed by atoms with E-state index in [1.165, 1.54) is 70.3 Å². The third-order valence-corrected chi connectivity index (χ3v) is 9.38. The summed E-state index contributed by atoms with van der Waals surface area (Å²) >= 11 is 0. The smallest absolute Gasteiger partial charge is 0.182 e. The van der Waals surface area contributed by atoms with Gasteiger partial charge in [0.15, 0.2) is 11.6 Å². The maximum Gasteiger partial charge on any atom is 0.182 e. The number of rotatable bonds is 4. The standard InChI is InChI=1S/C21H27F2N2P/c22-18-12-7-13-19(20(18)23)25-15-14-24-21(25)26(16-8-3-1-4-9-16)17-10-5-2-6-11-17/h7,12-17H,1-6,8-11H2. The van der Waals surface area contributed by atoms with Crippen molar-refractivity contribution < 1.29 is 8.78 Å². The number of hydrogen-bond acceptors (Lipinski definition) is 1. The van der Waals surface area contributed by atoms with Gasteiger partial charge in [-0.25, -0.2) is 13.8 Å². The second kappa shape index (κ2) is 8.17. The molecule has 1 heterocycles. The van der Waals surface area contributed by atoms with E-state index in [-0.39, 0.29) is 0 Å². The molecule has 4 rings (SSSR count). The van der Waals surface area contributed by atoms with Crippen LogP contribution in [0.1, 0.15) is 64.2 Å². The third kappa shape index (κ3) is 3.58. The first-order chi connectivity index (χ1) is 12.8. The largest absolute Gasteiger partial charge is 0.297 e. The van der Waals surface area contributed by atoms with E-state index in [9.17, 15) is 8.78 Å². The summed E-state index contributed by atoms with van der Waals surface area (Å²) in [5.41, 5.74) is 2.67. The lowest BCUT2D eigenvalue weighted by molar-refractivity contribution is 0.486. The van der Waals surface area contributed by atoms with E-state index in [2.05, 4.69) is 0 Å². The summed E-state index contributed by atoms with van der Waals surface area (Å²) in [6.45, 7) is 0. The molecule has 5 heteroatoms. The van der Waals surface area contributed by atoms with E-state index >= 15 is 0 Å². The van der Waals surface area contributed by atoms with Gasteiger partial charge in [0, 0.05) is 12.4 Å². The molecule has 1 aromatic heterocycles. The molecular formula is C21H27F2N2P. The second-order valence-electron chi connectivity index (χ2n) is 7.66. The van der Waals surface area contributed by atoms with Crippen LogP contribution in [0.25, 0.3) is 5.69 Å². The lowest BCUT2D eigenvalue weighted by atomic mass is 9.99. The van der Waals surface area contributed by atoms with Gasteiger partial charge in [0.1, 0.15) is 5.57 Å². The van der Waals surface area contributed by atoms with Gasteiger partial charge in [0.05, 0.1) is 5.69 Å². The molecule has 0 radical (unpaired) electrons. The molecule has 0 spiro atoms. The van der Waals surface area contributed by atoms with Gasteiger partial charge in [0.2, 0.25) is 0 Å². The van der Waals surface area contributed by atoms with Crippen LogP contribution in [-0.4, -0.2) is 20.9 Å². The van der Waals surface area contributed by atoms with Crippen molar-refractivity contribution in [3.05, 3.63) is 42.2 Å². The van der Waals surface area contributed by atoms with E-state index < -0.39 is 19.6 Å². The minimum atomic E-state index is -0.790. The van der Waals surface area contributed by atoms with Crippen molar-refractivity contribution in [3.63, 3.8) is 0 Å². The maximum atomic E-state index is 14.5. The van der Waals surface area contributed by atoms with Gasteiger partial charge in [-0.15, -0.1) is 0 Å². The van der Waals surface area contributed by atoms with Crippen molar-refractivity contribution in [1.82, 2.24) is 9.55 Å². The van der Waals surface area contributed by atoms with E-state index in [0.717, 1.165) is 5.57 Å². The zero-order valence-electron chi connectivity index (χ0n) is 15.2. The fourth-order valence-electron chi connectivity index (χ4n) is 4.70. The quantitative estimate of drug-likeness (QED) is 0.606. The first-order valence-electron chi connectivity index (χ1n) is 10.0. The summed E-state index contributed by atoms with van der Waals surface area (Å²) in [6, 6.07) is 4.43. The average Bonchev–Trinajstić information content (AvgIpc) is 3.15. The first kappa shape index (κ1) is 18.1. The SMILES string of the molecule is Fc1cccc(-n2ccnc2P(C2CCCCC2)C2CCCCC2)c1F. The van der Waals surface area contributed by atoms with Crippen molar-refractivity contribution in [2.45, 2.75) is 75.5 Å². The van der Waals surface area contributed by atoms with Crippen LogP contribution in [0, 0.1) is 11.6 Å². The molecule has 2 fully saturated rings. The van der Waals surface area contributed by atoms with Crippen LogP contribution in [0.15, 0.2) is 30.6 Å². The van der Waals surface area contributed by atoms with Crippen LogP contribution in [0.5, 0.6) is 0 Å². The lowest BCUT2D eigenvalue weighted by Crippen LogP contribution is -2.30. The van der Waals surface area contributed by atoms with Crippen LogP contribution >= 0.6 is 7.92 Å². The normalized spacial score (nSPS) is 20.0. The Morgan fingerprint density at radius 2 is 1.50 bits per heavy atom. The molecule has 0 bridgehead atoms. The summed E-state index contributed by atoms with van der Waals surface area (Å²) in [5, 5.41) is 0. The molecule has 0 amide bonds. The molecule has 26 heavy (non-hydrogen) atoms. The van der Waals surface area contributed by atoms with E-state index in [0.29, 0.717) is 17.0 Å². The zero-order valence-corrected chi connectivity index (χ0v) is 16.1. The average molecular weight is 376 g/mol. The third-order valence-electron chi connectivity index (χ3n) is 5.98. The molecule has 2 aliphatic rings. The fourth-order valence-corrected chi connectivity index (χ4v) is 8.41. The maximum absolute atomic E-state index is 14.5. The Balaban J connectivity index is 1.74. The van der Waals surface area contributed by atoms with E-state index in [4.69, 9.17) is 4.98 Å². The Kier molecular flexibility index (Phi) is 5.69. The van der Waals surface area contributed by atoms with Crippen LogP contribution in [0.2, 0.25) is 0 Å². The van der Waals surface area contributed by atoms with Crippen LogP contribution in [-0.2, 0) is 0 Å². The number of halogens is 2. The highest BCUT2D eigenvalue weighted by molar-refractivity contribution is 7.66. The van der Waals surface area contributed by atoms with Gasteiger partial charge in [-0.3, -0.25) is 4.57 Å². The Bertz CT molecular complexity index is 715. The molecule has 1 aromatic carbocycles. The zero-order chi connectivity index (χ0) is 17.9. The highest BCUT2D eigenvalue weighted by Crippen LogP contribution is 2.54. The minimum Gasteiger partial charge on any atom is -0.297 e. The van der Waals surface area contributed by atoms with Crippen molar-refractivity contribution >= 4 is 13.5 Å². The highest BCUT2D eigenvalue weighted by atomic mass is 31.1. The molecule has 2 aliphatic carbocycles. The number of benzene rings is 1. The monoisotopic (exact) mass is 376 g/mol. The molecule has 2 aromatic rings. The lowest BCUT2D eigenvalue weighted by Gasteiger charge is -2.38. The fraction of sp³-hybridized carbons (Fsp3) is 0.571. The molecule has 0 aliphatic heterocycles. The molecule has 0 N–H and O–H groups in total. The van der Waals surface area contributed by atoms with Gasteiger partial charge in [-0.05, 0) is 57.1 Å². The van der Waals surface area contributed by atoms with Crippen molar-refractivity contribution in [2.75, 3.05) is 0 Å². The van der Waals surface area contributed by atoms with Gasteiger partial charge in [-0.1, -0.05) is 44.6 Å². The second-order valence-corrected chi connectivity index (χ2v) is 10.3. The molecule has 2 saturated carbocycles. The number of hydrogen-bond donors (Lipinski definition) is 0. The van der Waals surface area contributed by atoms with Crippen molar-refractivity contribution in [1.29, 1.82) is 0 Å². The van der Waals surface area contributed by atoms with Gasteiger partial charge >= 0.3 is 0 Å². The summed E-state index contributed by atoms with van der Waals surface area (Å²) in [6.07, 6.45) is 16.5. The molecule has 2 nitrogen and oxygen atoms in total. The Hall–Kier alpha value is -1.28. The molecule has 0 unspecified atom stereocenters. The predicted octanol–water partition coefficient (Wildman–Crippen LogP) is 5.92. The van der Waals surface area contributed by atoms with Crippen LogP contribution in [0.4, 0.5) is 8.78 Å². The molecule has 0 atom stereocenters. The Morgan fingerprint density at radius 3 is 2.12 bits per heavy atom. The van der Waals surface area contributed by atoms with E-state index in [1.807, 2.05) is 10.8 Å². The highest BCUT2D eigenvalue weighted by Gasteiger charge is 2.35. The summed E-state index contributed by atoms with van der Waals surface area (Å²) < 4.78 is 30.1. The van der Waals surface area contributed by atoms with Gasteiger partial charge in [0.25, 0.3) is 0 Å². The van der Waals surface area contributed by atoms with Crippen molar-refractivity contribution in [3.8, 4) is 5.69 Å². The minimum absolute atomic E-state index is 0.302.